The second-order valence-corrected chi connectivity index (χ2v) is 8.74. The molecule has 0 radical (unpaired) electrons. The van der Waals surface area contributed by atoms with E-state index < -0.39 is 0 Å². The first-order chi connectivity index (χ1) is 14.7. The summed E-state index contributed by atoms with van der Waals surface area (Å²) >= 11 is 1.55. The van der Waals surface area contributed by atoms with Gasteiger partial charge in [0.15, 0.2) is 5.65 Å². The average molecular weight is 414 g/mol. The van der Waals surface area contributed by atoms with Gasteiger partial charge in [-0.1, -0.05) is 0 Å². The summed E-state index contributed by atoms with van der Waals surface area (Å²) in [5.41, 5.74) is 4.84. The summed E-state index contributed by atoms with van der Waals surface area (Å²) in [5.74, 6) is 0. The van der Waals surface area contributed by atoms with Crippen molar-refractivity contribution in [1.82, 2.24) is 34.6 Å². The molecule has 4 aromatic heterocycles. The van der Waals surface area contributed by atoms with Crippen LogP contribution in [0.25, 0.3) is 27.7 Å². The van der Waals surface area contributed by atoms with E-state index in [4.69, 9.17) is 0 Å². The van der Waals surface area contributed by atoms with Crippen LogP contribution in [0.2, 0.25) is 0 Å². The lowest BCUT2D eigenvalue weighted by atomic mass is 9.93. The molecule has 7 nitrogen and oxygen atoms in total. The Bertz CT molecular complexity index is 1380. The van der Waals surface area contributed by atoms with E-state index in [9.17, 15) is 0 Å². The molecule has 0 saturated heterocycles. The number of fused-ring (bicyclic) bond motifs is 2. The number of aryl methyl sites for hydroxylation is 1. The normalized spacial score (nSPS) is 14.4. The lowest BCUT2D eigenvalue weighted by molar-refractivity contribution is 0.289. The van der Waals surface area contributed by atoms with Crippen molar-refractivity contribution in [2.45, 2.75) is 42.3 Å². The highest BCUT2D eigenvalue weighted by Gasteiger charge is 2.20. The van der Waals surface area contributed by atoms with E-state index in [1.807, 2.05) is 37.5 Å². The molecule has 0 unspecified atom stereocenters. The third-order valence-corrected chi connectivity index (χ3v) is 6.54. The van der Waals surface area contributed by atoms with E-state index >= 15 is 0 Å². The lowest BCUT2D eigenvalue weighted by Gasteiger charge is -2.25. The van der Waals surface area contributed by atoms with Crippen LogP contribution in [0, 0.1) is 6.92 Å². The molecule has 0 N–H and O–H groups in total. The molecule has 1 aliphatic carbocycles. The van der Waals surface area contributed by atoms with E-state index in [2.05, 4.69) is 54.5 Å². The molecule has 30 heavy (non-hydrogen) atoms. The molecule has 0 atom stereocenters. The highest BCUT2D eigenvalue weighted by atomic mass is 32.2. The van der Waals surface area contributed by atoms with Crippen LogP contribution in [0.5, 0.6) is 0 Å². The van der Waals surface area contributed by atoms with E-state index in [0.29, 0.717) is 6.04 Å². The Labute approximate surface area is 177 Å². The van der Waals surface area contributed by atoms with E-state index in [1.165, 1.54) is 19.3 Å². The first kappa shape index (κ1) is 17.6. The minimum atomic E-state index is 0.561. The minimum Gasteiger partial charge on any atom is -0.269 e. The van der Waals surface area contributed by atoms with Crippen LogP contribution in [0.4, 0.5) is 0 Å². The molecule has 5 aromatic rings. The summed E-state index contributed by atoms with van der Waals surface area (Å²) in [7, 11) is 0. The van der Waals surface area contributed by atoms with Gasteiger partial charge in [0.1, 0.15) is 0 Å². The van der Waals surface area contributed by atoms with Crippen molar-refractivity contribution in [1.29, 1.82) is 0 Å². The third-order valence-electron chi connectivity index (χ3n) is 5.61. The maximum atomic E-state index is 4.65. The molecule has 8 heteroatoms. The maximum Gasteiger partial charge on any atom is 0.217 e. The molecule has 0 bridgehead atoms. The molecular weight excluding hydrogens is 394 g/mol. The van der Waals surface area contributed by atoms with Crippen LogP contribution in [0.3, 0.4) is 0 Å². The quantitative estimate of drug-likeness (QED) is 0.424. The topological polar surface area (TPSA) is 73.8 Å². The van der Waals surface area contributed by atoms with E-state index in [1.54, 1.807) is 16.3 Å². The predicted octanol–water partition coefficient (Wildman–Crippen LogP) is 4.72. The van der Waals surface area contributed by atoms with Crippen molar-refractivity contribution < 1.29 is 0 Å². The van der Waals surface area contributed by atoms with Crippen molar-refractivity contribution >= 4 is 28.3 Å². The number of nitrogens with zero attached hydrogens (tertiary/aromatic N) is 7. The Balaban J connectivity index is 1.33. The fourth-order valence-electron chi connectivity index (χ4n) is 3.70. The van der Waals surface area contributed by atoms with Gasteiger partial charge in [-0.3, -0.25) is 9.67 Å². The number of aromatic nitrogens is 7. The molecular formula is C22H19N7S. The Morgan fingerprint density at radius 3 is 2.80 bits per heavy atom. The van der Waals surface area contributed by atoms with Gasteiger partial charge in [-0.2, -0.15) is 14.7 Å². The van der Waals surface area contributed by atoms with Gasteiger partial charge in [-0.05, 0) is 74.3 Å². The van der Waals surface area contributed by atoms with Crippen LogP contribution in [0.1, 0.15) is 31.0 Å². The van der Waals surface area contributed by atoms with Crippen molar-refractivity contribution in [3.63, 3.8) is 0 Å². The van der Waals surface area contributed by atoms with E-state index in [0.717, 1.165) is 43.4 Å². The molecule has 148 valence electrons. The molecule has 1 aromatic carbocycles. The summed E-state index contributed by atoms with van der Waals surface area (Å²) in [6.07, 6.45) is 9.76. The smallest absolute Gasteiger partial charge is 0.217 e. The van der Waals surface area contributed by atoms with Crippen LogP contribution in [-0.4, -0.2) is 34.6 Å². The zero-order chi connectivity index (χ0) is 20.1. The number of hydrogen-bond donors (Lipinski definition) is 0. The average Bonchev–Trinajstić information content (AvgIpc) is 3.34. The number of rotatable bonds is 4. The van der Waals surface area contributed by atoms with Crippen molar-refractivity contribution in [2.24, 2.45) is 0 Å². The first-order valence-electron chi connectivity index (χ1n) is 10.0. The number of hydrogen-bond acceptors (Lipinski definition) is 6. The monoisotopic (exact) mass is 413 g/mol. The van der Waals surface area contributed by atoms with Gasteiger partial charge < -0.3 is 0 Å². The highest BCUT2D eigenvalue weighted by Crippen LogP contribution is 2.33. The van der Waals surface area contributed by atoms with Crippen molar-refractivity contribution in [3.05, 3.63) is 60.7 Å². The SMILES string of the molecule is Cc1ccc2nnc(Sc3ccc4ncc(-c5cnn(C6CCC6)c5)cc4c3)n2n1. The van der Waals surface area contributed by atoms with E-state index in [-0.39, 0.29) is 0 Å². The third kappa shape index (κ3) is 3.04. The predicted molar refractivity (Wildman–Crippen MR) is 115 cm³/mol. The Kier molecular flexibility index (Phi) is 4.05. The van der Waals surface area contributed by atoms with Gasteiger partial charge in [0, 0.05) is 33.8 Å². The van der Waals surface area contributed by atoms with Gasteiger partial charge in [0.25, 0.3) is 0 Å². The fraction of sp³-hybridized carbons (Fsp3) is 0.227. The van der Waals surface area contributed by atoms with Gasteiger partial charge in [-0.15, -0.1) is 10.2 Å². The molecule has 1 saturated carbocycles. The minimum absolute atomic E-state index is 0.561. The van der Waals surface area contributed by atoms with Gasteiger partial charge >= 0.3 is 0 Å². The lowest BCUT2D eigenvalue weighted by Crippen LogP contribution is -2.16. The molecule has 4 heterocycles. The highest BCUT2D eigenvalue weighted by molar-refractivity contribution is 7.99. The second-order valence-electron chi connectivity index (χ2n) is 7.70. The number of pyridine rings is 1. The Morgan fingerprint density at radius 2 is 1.93 bits per heavy atom. The molecule has 0 spiro atoms. The summed E-state index contributed by atoms with van der Waals surface area (Å²) in [6, 6.07) is 12.9. The maximum absolute atomic E-state index is 4.65. The molecule has 6 rings (SSSR count). The molecule has 1 fully saturated rings. The summed E-state index contributed by atoms with van der Waals surface area (Å²) < 4.78 is 3.88. The van der Waals surface area contributed by atoms with Crippen LogP contribution < -0.4 is 0 Å². The van der Waals surface area contributed by atoms with Crippen LogP contribution in [0.15, 0.2) is 65.0 Å². The zero-order valence-electron chi connectivity index (χ0n) is 16.4. The number of benzene rings is 1. The summed E-state index contributed by atoms with van der Waals surface area (Å²) in [6.45, 7) is 1.96. The summed E-state index contributed by atoms with van der Waals surface area (Å²) in [5, 5.41) is 19.4. The molecule has 1 aliphatic rings. The Morgan fingerprint density at radius 1 is 1.00 bits per heavy atom. The van der Waals surface area contributed by atoms with Gasteiger partial charge in [0.05, 0.1) is 23.4 Å². The molecule has 0 aliphatic heterocycles. The summed E-state index contributed by atoms with van der Waals surface area (Å²) in [4.78, 5) is 5.73. The fourth-order valence-corrected chi connectivity index (χ4v) is 4.53. The Hall–Kier alpha value is -3.26. The largest absolute Gasteiger partial charge is 0.269 e. The zero-order valence-corrected chi connectivity index (χ0v) is 17.3. The first-order valence-corrected chi connectivity index (χ1v) is 10.9. The molecule has 0 amide bonds. The second kappa shape index (κ2) is 6.91. The van der Waals surface area contributed by atoms with Crippen LogP contribution >= 0.6 is 11.8 Å². The van der Waals surface area contributed by atoms with Gasteiger partial charge in [0.2, 0.25) is 5.16 Å². The standard InChI is InChI=1S/C22H19N7S/c1-14-5-8-21-25-26-22(29(21)27-14)30-19-6-7-20-15(10-19)9-16(11-23-20)17-12-24-28(13-17)18-3-2-4-18/h5-13,18H,2-4H2,1H3. The van der Waals surface area contributed by atoms with Crippen molar-refractivity contribution in [3.8, 4) is 11.1 Å². The van der Waals surface area contributed by atoms with Crippen molar-refractivity contribution in [2.75, 3.05) is 0 Å². The van der Waals surface area contributed by atoms with Gasteiger partial charge in [-0.25, -0.2) is 0 Å². The van der Waals surface area contributed by atoms with Crippen LogP contribution in [-0.2, 0) is 0 Å².